The maximum absolute atomic E-state index is 5.70. The fraction of sp³-hybridized carbons (Fsp3) is 1.00. The molecule has 1 atom stereocenters. The van der Waals surface area contributed by atoms with E-state index in [1.807, 2.05) is 0 Å². The van der Waals surface area contributed by atoms with Crippen LogP contribution in [0.15, 0.2) is 0 Å². The highest BCUT2D eigenvalue weighted by Gasteiger charge is 2.20. The fourth-order valence-electron chi connectivity index (χ4n) is 2.42. The molecule has 2 aliphatic rings. The van der Waals surface area contributed by atoms with Crippen molar-refractivity contribution in [1.82, 2.24) is 10.2 Å². The topological polar surface area (TPSA) is 24.5 Å². The van der Waals surface area contributed by atoms with E-state index in [2.05, 4.69) is 17.3 Å². The fourth-order valence-corrected chi connectivity index (χ4v) is 2.42. The molecule has 0 spiro atoms. The number of morpholine rings is 1. The molecule has 0 bridgehead atoms. The molecule has 1 heterocycles. The van der Waals surface area contributed by atoms with Gasteiger partial charge in [-0.05, 0) is 19.9 Å². The summed E-state index contributed by atoms with van der Waals surface area (Å²) in [5.74, 6) is 0. The van der Waals surface area contributed by atoms with E-state index in [0.717, 1.165) is 32.3 Å². The molecule has 1 saturated heterocycles. The average molecular weight is 198 g/mol. The van der Waals surface area contributed by atoms with Crippen molar-refractivity contribution in [1.29, 1.82) is 0 Å². The predicted molar refractivity (Wildman–Crippen MR) is 57.5 cm³/mol. The van der Waals surface area contributed by atoms with E-state index in [4.69, 9.17) is 4.74 Å². The van der Waals surface area contributed by atoms with Crippen LogP contribution in [0.5, 0.6) is 0 Å². The van der Waals surface area contributed by atoms with Gasteiger partial charge in [0.25, 0.3) is 0 Å². The first kappa shape index (κ1) is 10.4. The average Bonchev–Trinajstić information content (AvgIpc) is 2.67. The van der Waals surface area contributed by atoms with Crippen LogP contribution in [-0.2, 0) is 4.74 Å². The Hall–Kier alpha value is -0.120. The van der Waals surface area contributed by atoms with Crippen molar-refractivity contribution in [2.24, 2.45) is 0 Å². The van der Waals surface area contributed by atoms with Crippen LogP contribution in [0.3, 0.4) is 0 Å². The van der Waals surface area contributed by atoms with Gasteiger partial charge in [0.15, 0.2) is 0 Å². The van der Waals surface area contributed by atoms with Crippen molar-refractivity contribution in [3.8, 4) is 0 Å². The highest BCUT2D eigenvalue weighted by Crippen LogP contribution is 2.17. The first-order chi connectivity index (χ1) is 6.84. The van der Waals surface area contributed by atoms with E-state index < -0.39 is 0 Å². The second-order valence-electron chi connectivity index (χ2n) is 4.64. The molecular weight excluding hydrogens is 176 g/mol. The SMILES string of the molecule is CN1CCO[C@H](CNC2CCCC2)C1. The van der Waals surface area contributed by atoms with Crippen molar-refractivity contribution in [2.45, 2.75) is 37.8 Å². The van der Waals surface area contributed by atoms with Gasteiger partial charge in [-0.15, -0.1) is 0 Å². The van der Waals surface area contributed by atoms with Crippen molar-refractivity contribution >= 4 is 0 Å². The summed E-state index contributed by atoms with van der Waals surface area (Å²) in [6, 6.07) is 0.769. The molecule has 1 aliphatic heterocycles. The Morgan fingerprint density at radius 2 is 2.14 bits per heavy atom. The molecule has 82 valence electrons. The minimum absolute atomic E-state index is 0.411. The number of rotatable bonds is 3. The molecule has 3 heteroatoms. The van der Waals surface area contributed by atoms with Gasteiger partial charge in [-0.1, -0.05) is 12.8 Å². The number of ether oxygens (including phenoxy) is 1. The molecule has 14 heavy (non-hydrogen) atoms. The zero-order valence-corrected chi connectivity index (χ0v) is 9.17. The molecule has 2 fully saturated rings. The van der Waals surface area contributed by atoms with E-state index in [1.54, 1.807) is 0 Å². The van der Waals surface area contributed by atoms with Gasteiger partial charge in [-0.3, -0.25) is 0 Å². The van der Waals surface area contributed by atoms with E-state index in [1.165, 1.54) is 25.7 Å². The summed E-state index contributed by atoms with van der Waals surface area (Å²) >= 11 is 0. The van der Waals surface area contributed by atoms with Crippen LogP contribution in [0.4, 0.5) is 0 Å². The highest BCUT2D eigenvalue weighted by molar-refractivity contribution is 4.77. The van der Waals surface area contributed by atoms with Crippen molar-refractivity contribution < 1.29 is 4.74 Å². The van der Waals surface area contributed by atoms with Gasteiger partial charge in [0.05, 0.1) is 12.7 Å². The summed E-state index contributed by atoms with van der Waals surface area (Å²) in [6.45, 7) is 4.10. The molecular formula is C11H22N2O. The third-order valence-electron chi connectivity index (χ3n) is 3.33. The van der Waals surface area contributed by atoms with E-state index >= 15 is 0 Å². The molecule has 0 aromatic carbocycles. The van der Waals surface area contributed by atoms with Crippen LogP contribution in [0.2, 0.25) is 0 Å². The monoisotopic (exact) mass is 198 g/mol. The molecule has 0 aromatic rings. The number of hydrogen-bond donors (Lipinski definition) is 1. The van der Waals surface area contributed by atoms with Crippen LogP contribution >= 0.6 is 0 Å². The molecule has 3 nitrogen and oxygen atoms in total. The lowest BCUT2D eigenvalue weighted by molar-refractivity contribution is -0.0191. The molecule has 0 radical (unpaired) electrons. The number of hydrogen-bond acceptors (Lipinski definition) is 3. The summed E-state index contributed by atoms with van der Waals surface area (Å²) in [6.07, 6.45) is 5.95. The smallest absolute Gasteiger partial charge is 0.0826 e. The number of nitrogens with zero attached hydrogens (tertiary/aromatic N) is 1. The molecule has 1 aliphatic carbocycles. The second kappa shape index (κ2) is 5.10. The molecule has 0 amide bonds. The Bertz CT molecular complexity index is 169. The Kier molecular flexibility index (Phi) is 3.79. The third-order valence-corrected chi connectivity index (χ3v) is 3.33. The Balaban J connectivity index is 1.64. The van der Waals surface area contributed by atoms with Gasteiger partial charge in [-0.2, -0.15) is 0 Å². The van der Waals surface area contributed by atoms with Gasteiger partial charge < -0.3 is 15.0 Å². The minimum Gasteiger partial charge on any atom is -0.374 e. The highest BCUT2D eigenvalue weighted by atomic mass is 16.5. The summed E-state index contributed by atoms with van der Waals surface area (Å²) in [4.78, 5) is 2.35. The van der Waals surface area contributed by atoms with Crippen LogP contribution in [0.25, 0.3) is 0 Å². The lowest BCUT2D eigenvalue weighted by Crippen LogP contribution is -2.46. The number of nitrogens with one attached hydrogen (secondary N) is 1. The first-order valence-electron chi connectivity index (χ1n) is 5.88. The lowest BCUT2D eigenvalue weighted by atomic mass is 10.2. The van der Waals surface area contributed by atoms with Crippen LogP contribution in [0.1, 0.15) is 25.7 Å². The van der Waals surface area contributed by atoms with Gasteiger partial charge >= 0.3 is 0 Å². The van der Waals surface area contributed by atoms with Crippen molar-refractivity contribution in [2.75, 3.05) is 33.3 Å². The summed E-state index contributed by atoms with van der Waals surface area (Å²) in [5, 5.41) is 3.62. The van der Waals surface area contributed by atoms with E-state index in [9.17, 15) is 0 Å². The molecule has 1 N–H and O–H groups in total. The zero-order valence-electron chi connectivity index (χ0n) is 9.17. The van der Waals surface area contributed by atoms with Crippen molar-refractivity contribution in [3.63, 3.8) is 0 Å². The third kappa shape index (κ3) is 2.94. The molecule has 0 aromatic heterocycles. The summed E-state index contributed by atoms with van der Waals surface area (Å²) < 4.78 is 5.70. The molecule has 2 rings (SSSR count). The normalized spacial score (nSPS) is 31.1. The maximum Gasteiger partial charge on any atom is 0.0826 e. The van der Waals surface area contributed by atoms with Crippen LogP contribution in [0, 0.1) is 0 Å². The summed E-state index contributed by atoms with van der Waals surface area (Å²) in [7, 11) is 2.17. The Morgan fingerprint density at radius 3 is 2.86 bits per heavy atom. The minimum atomic E-state index is 0.411. The zero-order chi connectivity index (χ0) is 9.80. The van der Waals surface area contributed by atoms with Crippen molar-refractivity contribution in [3.05, 3.63) is 0 Å². The van der Waals surface area contributed by atoms with Gasteiger partial charge in [0, 0.05) is 25.7 Å². The molecule has 0 unspecified atom stereocenters. The van der Waals surface area contributed by atoms with E-state index in [-0.39, 0.29) is 0 Å². The van der Waals surface area contributed by atoms with Crippen LogP contribution in [-0.4, -0.2) is 50.3 Å². The Labute approximate surface area is 86.8 Å². The standard InChI is InChI=1S/C11H22N2O/c1-13-6-7-14-11(9-13)8-12-10-4-2-3-5-10/h10-12H,2-9H2,1H3/t11-/m1/s1. The first-order valence-corrected chi connectivity index (χ1v) is 5.88. The number of likely N-dealkylation sites (N-methyl/N-ethyl adjacent to an activating group) is 1. The lowest BCUT2D eigenvalue weighted by Gasteiger charge is -2.30. The Morgan fingerprint density at radius 1 is 1.36 bits per heavy atom. The van der Waals surface area contributed by atoms with Crippen LogP contribution < -0.4 is 5.32 Å². The van der Waals surface area contributed by atoms with Gasteiger partial charge in [-0.25, -0.2) is 0 Å². The maximum atomic E-state index is 5.70. The second-order valence-corrected chi connectivity index (χ2v) is 4.64. The van der Waals surface area contributed by atoms with Gasteiger partial charge in [0.1, 0.15) is 0 Å². The quantitative estimate of drug-likeness (QED) is 0.727. The summed E-state index contributed by atoms with van der Waals surface area (Å²) in [5.41, 5.74) is 0. The molecule has 1 saturated carbocycles. The van der Waals surface area contributed by atoms with E-state index in [0.29, 0.717) is 6.10 Å². The van der Waals surface area contributed by atoms with Gasteiger partial charge in [0.2, 0.25) is 0 Å². The largest absolute Gasteiger partial charge is 0.374 e. The predicted octanol–water partition coefficient (Wildman–Crippen LogP) is 0.849.